The van der Waals surface area contributed by atoms with Crippen molar-refractivity contribution in [2.45, 2.75) is 26.3 Å². The zero-order valence-corrected chi connectivity index (χ0v) is 15.8. The summed E-state index contributed by atoms with van der Waals surface area (Å²) in [7, 11) is 5.90. The van der Waals surface area contributed by atoms with Crippen LogP contribution in [0.3, 0.4) is 0 Å². The van der Waals surface area contributed by atoms with Crippen molar-refractivity contribution < 1.29 is 0 Å². The number of nitrogens with zero attached hydrogens (tertiary/aromatic N) is 3. The molecule has 0 atom stereocenters. The van der Waals surface area contributed by atoms with Gasteiger partial charge in [0.1, 0.15) is 0 Å². The van der Waals surface area contributed by atoms with Crippen molar-refractivity contribution in [2.75, 3.05) is 32.6 Å². The van der Waals surface area contributed by atoms with Crippen molar-refractivity contribution in [1.29, 1.82) is 0 Å². The molecule has 0 amide bonds. The Morgan fingerprint density at radius 2 is 2.12 bits per heavy atom. The normalized spacial score (nSPS) is 11.4. The number of guanidine groups is 1. The molecule has 0 aliphatic rings. The molecule has 0 fully saturated rings. The second-order valence-corrected chi connectivity index (χ2v) is 6.94. The highest BCUT2D eigenvalue weighted by Crippen LogP contribution is 2.14. The average Bonchev–Trinajstić information content (AvgIpc) is 3.06. The molecule has 1 heterocycles. The molecule has 0 saturated heterocycles. The molecule has 0 radical (unpaired) electrons. The van der Waals surface area contributed by atoms with Gasteiger partial charge in [0.2, 0.25) is 0 Å². The van der Waals surface area contributed by atoms with E-state index in [4.69, 9.17) is 0 Å². The van der Waals surface area contributed by atoms with Crippen molar-refractivity contribution in [3.05, 3.63) is 45.9 Å². The number of aliphatic imine (C=N–C) groups is 1. The summed E-state index contributed by atoms with van der Waals surface area (Å²) in [5, 5.41) is 7.88. The quantitative estimate of drug-likeness (QED) is 0.598. The molecule has 2 rings (SSSR count). The number of aryl methyl sites for hydroxylation is 1. The van der Waals surface area contributed by atoms with Gasteiger partial charge < -0.3 is 15.5 Å². The Morgan fingerprint density at radius 3 is 2.79 bits per heavy atom. The van der Waals surface area contributed by atoms with Crippen molar-refractivity contribution >= 4 is 23.0 Å². The summed E-state index contributed by atoms with van der Waals surface area (Å²) in [6.45, 7) is 3.74. The Balaban J connectivity index is 1.79. The molecule has 130 valence electrons. The molecule has 0 saturated carbocycles. The van der Waals surface area contributed by atoms with E-state index in [-0.39, 0.29) is 0 Å². The monoisotopic (exact) mass is 345 g/mol. The van der Waals surface area contributed by atoms with E-state index in [0.717, 1.165) is 31.9 Å². The predicted octanol–water partition coefficient (Wildman–Crippen LogP) is 2.68. The molecule has 0 aliphatic heterocycles. The van der Waals surface area contributed by atoms with Crippen LogP contribution in [0.15, 0.2) is 35.5 Å². The van der Waals surface area contributed by atoms with Crippen LogP contribution < -0.4 is 15.5 Å². The molecule has 5 nitrogen and oxygen atoms in total. The maximum atomic E-state index is 4.44. The molecule has 1 aromatic carbocycles. The van der Waals surface area contributed by atoms with Crippen molar-refractivity contribution in [2.24, 2.45) is 4.99 Å². The molecule has 0 bridgehead atoms. The SMILES string of the molecule is CCc1cnc(CCNC(=NC)NCc2cccc(N(C)C)c2)s1. The number of thiazole rings is 1. The fraction of sp³-hybridized carbons (Fsp3) is 0.444. The summed E-state index contributed by atoms with van der Waals surface area (Å²) < 4.78 is 0. The van der Waals surface area contributed by atoms with Crippen LogP contribution in [0.25, 0.3) is 0 Å². The van der Waals surface area contributed by atoms with E-state index >= 15 is 0 Å². The third-order valence-corrected chi connectivity index (χ3v) is 4.89. The molecule has 0 unspecified atom stereocenters. The predicted molar refractivity (Wildman–Crippen MR) is 104 cm³/mol. The van der Waals surface area contributed by atoms with Crippen molar-refractivity contribution in [3.63, 3.8) is 0 Å². The summed E-state index contributed by atoms with van der Waals surface area (Å²) in [5.74, 6) is 0.817. The number of aromatic nitrogens is 1. The average molecular weight is 346 g/mol. The van der Waals surface area contributed by atoms with Gasteiger partial charge in [-0.3, -0.25) is 4.99 Å². The first-order chi connectivity index (χ1) is 11.6. The number of anilines is 1. The van der Waals surface area contributed by atoms with Gasteiger partial charge in [0, 0.05) is 57.4 Å². The van der Waals surface area contributed by atoms with Crippen LogP contribution in [0.4, 0.5) is 5.69 Å². The molecule has 2 N–H and O–H groups in total. The van der Waals surface area contributed by atoms with Crippen LogP contribution in [0.1, 0.15) is 22.4 Å². The third-order valence-electron chi connectivity index (χ3n) is 3.69. The Bertz CT molecular complexity index is 663. The number of nitrogens with one attached hydrogen (secondary N) is 2. The van der Waals surface area contributed by atoms with Gasteiger partial charge in [-0.2, -0.15) is 0 Å². The van der Waals surface area contributed by atoms with Gasteiger partial charge in [-0.15, -0.1) is 11.3 Å². The van der Waals surface area contributed by atoms with Gasteiger partial charge in [0.15, 0.2) is 5.96 Å². The second kappa shape index (κ2) is 9.27. The van der Waals surface area contributed by atoms with E-state index in [1.165, 1.54) is 21.1 Å². The van der Waals surface area contributed by atoms with E-state index < -0.39 is 0 Å². The summed E-state index contributed by atoms with van der Waals surface area (Å²) >= 11 is 1.79. The lowest BCUT2D eigenvalue weighted by Crippen LogP contribution is -2.37. The number of rotatable bonds is 7. The van der Waals surface area contributed by atoms with Gasteiger partial charge in [-0.1, -0.05) is 19.1 Å². The zero-order valence-electron chi connectivity index (χ0n) is 15.0. The maximum absolute atomic E-state index is 4.44. The smallest absolute Gasteiger partial charge is 0.191 e. The fourth-order valence-electron chi connectivity index (χ4n) is 2.27. The van der Waals surface area contributed by atoms with Crippen LogP contribution in [0, 0.1) is 0 Å². The van der Waals surface area contributed by atoms with Gasteiger partial charge in [0.25, 0.3) is 0 Å². The van der Waals surface area contributed by atoms with E-state index in [1.807, 2.05) is 6.20 Å². The van der Waals surface area contributed by atoms with Crippen LogP contribution in [-0.2, 0) is 19.4 Å². The van der Waals surface area contributed by atoms with Crippen LogP contribution in [0.2, 0.25) is 0 Å². The number of benzene rings is 1. The Kier molecular flexibility index (Phi) is 7.06. The van der Waals surface area contributed by atoms with Gasteiger partial charge in [-0.25, -0.2) is 4.98 Å². The Morgan fingerprint density at radius 1 is 1.29 bits per heavy atom. The van der Waals surface area contributed by atoms with Crippen LogP contribution in [0.5, 0.6) is 0 Å². The summed E-state index contributed by atoms with van der Waals surface area (Å²) in [6.07, 6.45) is 3.95. The minimum Gasteiger partial charge on any atom is -0.378 e. The van der Waals surface area contributed by atoms with Gasteiger partial charge >= 0.3 is 0 Å². The second-order valence-electron chi connectivity index (χ2n) is 5.74. The number of hydrogen-bond acceptors (Lipinski definition) is 4. The van der Waals surface area contributed by atoms with E-state index in [9.17, 15) is 0 Å². The Hall–Kier alpha value is -2.08. The molecule has 24 heavy (non-hydrogen) atoms. The standard InChI is InChI=1S/C18H27N5S/c1-5-16-13-21-17(24-16)9-10-20-18(19-2)22-12-14-7-6-8-15(11-14)23(3)4/h6-8,11,13H,5,9-10,12H2,1-4H3,(H2,19,20,22). The summed E-state index contributed by atoms with van der Waals surface area (Å²) in [5.41, 5.74) is 2.43. The molecule has 0 spiro atoms. The number of hydrogen-bond donors (Lipinski definition) is 2. The highest BCUT2D eigenvalue weighted by atomic mass is 32.1. The highest BCUT2D eigenvalue weighted by molar-refractivity contribution is 7.11. The first-order valence-corrected chi connectivity index (χ1v) is 9.08. The van der Waals surface area contributed by atoms with E-state index in [1.54, 1.807) is 18.4 Å². The summed E-state index contributed by atoms with van der Waals surface area (Å²) in [6, 6.07) is 8.49. The lowest BCUT2D eigenvalue weighted by Gasteiger charge is -2.15. The lowest BCUT2D eigenvalue weighted by molar-refractivity contribution is 0.791. The minimum absolute atomic E-state index is 0.749. The Labute approximate surface area is 148 Å². The molecule has 2 aromatic rings. The first kappa shape index (κ1) is 18.3. The molecule has 1 aromatic heterocycles. The fourth-order valence-corrected chi connectivity index (χ4v) is 3.13. The van der Waals surface area contributed by atoms with E-state index in [0.29, 0.717) is 0 Å². The first-order valence-electron chi connectivity index (χ1n) is 8.26. The van der Waals surface area contributed by atoms with Crippen molar-refractivity contribution in [1.82, 2.24) is 15.6 Å². The van der Waals surface area contributed by atoms with Crippen LogP contribution in [-0.4, -0.2) is 38.6 Å². The van der Waals surface area contributed by atoms with Crippen LogP contribution >= 0.6 is 11.3 Å². The zero-order chi connectivity index (χ0) is 17.4. The molecule has 6 heteroatoms. The van der Waals surface area contributed by atoms with Crippen molar-refractivity contribution in [3.8, 4) is 0 Å². The summed E-state index contributed by atoms with van der Waals surface area (Å²) in [4.78, 5) is 12.2. The third kappa shape index (κ3) is 5.53. The molecular weight excluding hydrogens is 318 g/mol. The maximum Gasteiger partial charge on any atom is 0.191 e. The lowest BCUT2D eigenvalue weighted by atomic mass is 10.2. The van der Waals surface area contributed by atoms with Gasteiger partial charge in [-0.05, 0) is 24.1 Å². The largest absolute Gasteiger partial charge is 0.378 e. The minimum atomic E-state index is 0.749. The molecular formula is C18H27N5S. The van der Waals surface area contributed by atoms with E-state index in [2.05, 4.69) is 70.8 Å². The topological polar surface area (TPSA) is 52.6 Å². The molecule has 0 aliphatic carbocycles. The highest BCUT2D eigenvalue weighted by Gasteiger charge is 2.03. The van der Waals surface area contributed by atoms with Gasteiger partial charge in [0.05, 0.1) is 5.01 Å².